The molecular weight excluding hydrogens is 252 g/mol. The number of carbonyl (C=O) groups is 2. The quantitative estimate of drug-likeness (QED) is 0.864. The van der Waals surface area contributed by atoms with Crippen LogP contribution in [0.5, 0.6) is 0 Å². The van der Waals surface area contributed by atoms with Crippen LogP contribution in [-0.4, -0.2) is 41.5 Å². The summed E-state index contributed by atoms with van der Waals surface area (Å²) in [5.74, 6) is 0.0358. The van der Waals surface area contributed by atoms with Crippen LogP contribution in [-0.2, 0) is 4.79 Å². The van der Waals surface area contributed by atoms with Gasteiger partial charge in [0.25, 0.3) is 5.91 Å². The summed E-state index contributed by atoms with van der Waals surface area (Å²) < 4.78 is 0. The summed E-state index contributed by atoms with van der Waals surface area (Å²) in [5, 5.41) is 12.4. The first-order valence-corrected chi connectivity index (χ1v) is 6.69. The number of rotatable bonds is 3. The second-order valence-electron chi connectivity index (χ2n) is 4.43. The highest BCUT2D eigenvalue weighted by molar-refractivity contribution is 7.18. The minimum absolute atomic E-state index is 0.0208. The molecule has 0 saturated carbocycles. The maximum absolute atomic E-state index is 12.1. The Kier molecular flexibility index (Phi) is 3.98. The number of nitrogens with zero attached hydrogens (tertiary/aromatic N) is 1. The van der Waals surface area contributed by atoms with E-state index in [4.69, 9.17) is 5.11 Å². The van der Waals surface area contributed by atoms with Gasteiger partial charge in [-0.3, -0.25) is 9.59 Å². The Labute approximate surface area is 109 Å². The van der Waals surface area contributed by atoms with E-state index in [1.807, 2.05) is 0 Å². The fourth-order valence-corrected chi connectivity index (χ4v) is 2.94. The molecule has 1 aromatic heterocycles. The monoisotopic (exact) mass is 268 g/mol. The SMILES string of the molecule is CC(=O)Nc1ccc(C(=O)N2CCC(CO)C2)s1. The molecule has 0 bridgehead atoms. The molecule has 98 valence electrons. The molecule has 0 radical (unpaired) electrons. The third-order valence-electron chi connectivity index (χ3n) is 2.95. The Morgan fingerprint density at radius 3 is 2.94 bits per heavy atom. The van der Waals surface area contributed by atoms with Gasteiger partial charge in [-0.25, -0.2) is 0 Å². The van der Waals surface area contributed by atoms with E-state index < -0.39 is 0 Å². The van der Waals surface area contributed by atoms with Gasteiger partial charge in [0.15, 0.2) is 0 Å². The first-order chi connectivity index (χ1) is 8.60. The molecule has 2 heterocycles. The van der Waals surface area contributed by atoms with Crippen LogP contribution in [0.3, 0.4) is 0 Å². The Hall–Kier alpha value is -1.40. The molecule has 2 amide bonds. The Morgan fingerprint density at radius 2 is 2.33 bits per heavy atom. The maximum Gasteiger partial charge on any atom is 0.264 e. The van der Waals surface area contributed by atoms with Gasteiger partial charge in [0.2, 0.25) is 5.91 Å². The van der Waals surface area contributed by atoms with Crippen molar-refractivity contribution in [3.05, 3.63) is 17.0 Å². The third kappa shape index (κ3) is 2.88. The van der Waals surface area contributed by atoms with E-state index in [2.05, 4.69) is 5.32 Å². The minimum Gasteiger partial charge on any atom is -0.396 e. The van der Waals surface area contributed by atoms with E-state index in [1.54, 1.807) is 17.0 Å². The van der Waals surface area contributed by atoms with Gasteiger partial charge >= 0.3 is 0 Å². The van der Waals surface area contributed by atoms with Gasteiger partial charge < -0.3 is 15.3 Å². The normalized spacial score (nSPS) is 19.0. The molecule has 18 heavy (non-hydrogen) atoms. The van der Waals surface area contributed by atoms with Crippen molar-refractivity contribution >= 4 is 28.2 Å². The number of likely N-dealkylation sites (tertiary alicyclic amines) is 1. The van der Waals surface area contributed by atoms with Crippen molar-refractivity contribution in [3.8, 4) is 0 Å². The van der Waals surface area contributed by atoms with Gasteiger partial charge in [-0.15, -0.1) is 11.3 Å². The van der Waals surface area contributed by atoms with Crippen molar-refractivity contribution in [2.45, 2.75) is 13.3 Å². The summed E-state index contributed by atoms with van der Waals surface area (Å²) in [7, 11) is 0. The zero-order valence-electron chi connectivity index (χ0n) is 10.2. The van der Waals surface area contributed by atoms with Crippen LogP contribution >= 0.6 is 11.3 Å². The molecule has 1 saturated heterocycles. The number of aliphatic hydroxyl groups excluding tert-OH is 1. The highest BCUT2D eigenvalue weighted by Gasteiger charge is 2.27. The number of hydrogen-bond donors (Lipinski definition) is 2. The summed E-state index contributed by atoms with van der Waals surface area (Å²) in [4.78, 5) is 25.4. The molecule has 5 nitrogen and oxygen atoms in total. The average Bonchev–Trinajstić information content (AvgIpc) is 2.95. The van der Waals surface area contributed by atoms with E-state index in [0.29, 0.717) is 23.0 Å². The maximum atomic E-state index is 12.1. The standard InChI is InChI=1S/C12H16N2O3S/c1-8(16)13-11-3-2-10(18-11)12(17)14-5-4-9(6-14)7-15/h2-3,9,15H,4-7H2,1H3,(H,13,16). The van der Waals surface area contributed by atoms with Gasteiger partial charge in [-0.05, 0) is 18.6 Å². The molecule has 1 unspecified atom stereocenters. The second kappa shape index (κ2) is 5.49. The van der Waals surface area contributed by atoms with Crippen molar-refractivity contribution in [1.82, 2.24) is 4.90 Å². The van der Waals surface area contributed by atoms with Crippen molar-refractivity contribution in [3.63, 3.8) is 0 Å². The van der Waals surface area contributed by atoms with Crippen molar-refractivity contribution in [1.29, 1.82) is 0 Å². The Balaban J connectivity index is 2.01. The fourth-order valence-electron chi connectivity index (χ4n) is 2.02. The van der Waals surface area contributed by atoms with Crippen LogP contribution in [0.2, 0.25) is 0 Å². The van der Waals surface area contributed by atoms with Crippen molar-refractivity contribution in [2.75, 3.05) is 25.0 Å². The molecule has 1 aliphatic rings. The number of carbonyl (C=O) groups excluding carboxylic acids is 2. The van der Waals surface area contributed by atoms with Gasteiger partial charge in [0, 0.05) is 32.5 Å². The first kappa shape index (κ1) is 13.0. The smallest absolute Gasteiger partial charge is 0.264 e. The number of hydrogen-bond acceptors (Lipinski definition) is 4. The van der Waals surface area contributed by atoms with Crippen LogP contribution in [0.1, 0.15) is 23.0 Å². The fraction of sp³-hybridized carbons (Fsp3) is 0.500. The highest BCUT2D eigenvalue weighted by atomic mass is 32.1. The van der Waals surface area contributed by atoms with Crippen molar-refractivity contribution < 1.29 is 14.7 Å². The molecule has 6 heteroatoms. The summed E-state index contributed by atoms with van der Waals surface area (Å²) in [6.45, 7) is 2.87. The molecule has 1 aromatic rings. The Bertz CT molecular complexity index is 458. The summed E-state index contributed by atoms with van der Waals surface area (Å²) in [5.41, 5.74) is 0. The first-order valence-electron chi connectivity index (χ1n) is 5.87. The molecule has 0 aliphatic carbocycles. The van der Waals surface area contributed by atoms with Gasteiger partial charge in [0.05, 0.1) is 9.88 Å². The van der Waals surface area contributed by atoms with Gasteiger partial charge in [0.1, 0.15) is 0 Å². The van der Waals surface area contributed by atoms with Crippen LogP contribution < -0.4 is 5.32 Å². The lowest BCUT2D eigenvalue weighted by molar-refractivity contribution is -0.114. The topological polar surface area (TPSA) is 69.6 Å². The van der Waals surface area contributed by atoms with Gasteiger partial charge in [-0.2, -0.15) is 0 Å². The van der Waals surface area contributed by atoms with Crippen LogP contribution in [0.15, 0.2) is 12.1 Å². The molecule has 2 rings (SSSR count). The molecular formula is C12H16N2O3S. The van der Waals surface area contributed by atoms with Crippen LogP contribution in [0.4, 0.5) is 5.00 Å². The summed E-state index contributed by atoms with van der Waals surface area (Å²) in [6, 6.07) is 3.46. The van der Waals surface area contributed by atoms with Crippen LogP contribution in [0, 0.1) is 5.92 Å². The lowest BCUT2D eigenvalue weighted by atomic mass is 10.1. The predicted molar refractivity (Wildman–Crippen MR) is 69.7 cm³/mol. The number of thiophene rings is 1. The molecule has 1 fully saturated rings. The zero-order chi connectivity index (χ0) is 13.1. The van der Waals surface area contributed by atoms with E-state index >= 15 is 0 Å². The Morgan fingerprint density at radius 1 is 1.56 bits per heavy atom. The van der Waals surface area contributed by atoms with Crippen LogP contribution in [0.25, 0.3) is 0 Å². The highest BCUT2D eigenvalue weighted by Crippen LogP contribution is 2.25. The average molecular weight is 268 g/mol. The number of amides is 2. The summed E-state index contributed by atoms with van der Waals surface area (Å²) in [6.07, 6.45) is 0.853. The molecule has 1 atom stereocenters. The lowest BCUT2D eigenvalue weighted by Crippen LogP contribution is -2.28. The largest absolute Gasteiger partial charge is 0.396 e. The number of aliphatic hydroxyl groups is 1. The molecule has 0 aromatic carbocycles. The van der Waals surface area contributed by atoms with E-state index in [1.165, 1.54) is 18.3 Å². The summed E-state index contributed by atoms with van der Waals surface area (Å²) >= 11 is 1.28. The minimum atomic E-state index is -0.141. The van der Waals surface area contributed by atoms with E-state index in [-0.39, 0.29) is 24.3 Å². The van der Waals surface area contributed by atoms with E-state index in [9.17, 15) is 9.59 Å². The zero-order valence-corrected chi connectivity index (χ0v) is 11.0. The molecule has 1 aliphatic heterocycles. The van der Waals surface area contributed by atoms with E-state index in [0.717, 1.165) is 6.42 Å². The second-order valence-corrected chi connectivity index (χ2v) is 5.52. The molecule has 0 spiro atoms. The lowest BCUT2D eigenvalue weighted by Gasteiger charge is -2.14. The molecule has 2 N–H and O–H groups in total. The third-order valence-corrected chi connectivity index (χ3v) is 3.94. The predicted octanol–water partition coefficient (Wildman–Crippen LogP) is 1.16. The van der Waals surface area contributed by atoms with Gasteiger partial charge in [-0.1, -0.05) is 0 Å². The number of anilines is 1. The number of nitrogens with one attached hydrogen (secondary N) is 1. The van der Waals surface area contributed by atoms with Crippen molar-refractivity contribution in [2.24, 2.45) is 5.92 Å².